The zero-order valence-electron chi connectivity index (χ0n) is 42.6. The van der Waals surface area contributed by atoms with E-state index in [-0.39, 0.29) is 18.5 Å². The van der Waals surface area contributed by atoms with Crippen molar-refractivity contribution in [2.75, 3.05) is 13.2 Å². The third-order valence-corrected chi connectivity index (χ3v) is 13.3. The van der Waals surface area contributed by atoms with E-state index >= 15 is 0 Å². The maximum atomic E-state index is 12.5. The van der Waals surface area contributed by atoms with E-state index in [1.165, 1.54) is 218 Å². The van der Waals surface area contributed by atoms with E-state index in [4.69, 9.17) is 4.74 Å². The second kappa shape index (κ2) is 53.2. The van der Waals surface area contributed by atoms with E-state index in [0.29, 0.717) is 25.9 Å². The monoisotopic (exact) mass is 890 g/mol. The molecule has 2 atom stereocenters. The number of carbonyl (C=O) groups is 2. The molecule has 0 spiro atoms. The third-order valence-electron chi connectivity index (χ3n) is 13.3. The minimum Gasteiger partial charge on any atom is -0.466 e. The Hall–Kier alpha value is -1.40. The molecule has 0 aromatic rings. The smallest absolute Gasteiger partial charge is 0.305 e. The predicted octanol–water partition coefficient (Wildman–Crippen LogP) is 17.3. The first-order chi connectivity index (χ1) is 31.0. The topological polar surface area (TPSA) is 95.9 Å². The van der Waals surface area contributed by atoms with Gasteiger partial charge in [-0.25, -0.2) is 0 Å². The number of aliphatic hydroxyl groups is 2. The maximum Gasteiger partial charge on any atom is 0.305 e. The molecule has 0 aliphatic carbocycles. The third kappa shape index (κ3) is 49.9. The van der Waals surface area contributed by atoms with Crippen LogP contribution in [0.4, 0.5) is 0 Å². The van der Waals surface area contributed by atoms with Crippen molar-refractivity contribution in [3.05, 3.63) is 12.2 Å². The molecule has 6 nitrogen and oxygen atoms in total. The Balaban J connectivity index is 3.45. The van der Waals surface area contributed by atoms with Crippen LogP contribution in [-0.2, 0) is 14.3 Å². The summed E-state index contributed by atoms with van der Waals surface area (Å²) in [5.74, 6) is -0.0496. The molecule has 0 aliphatic heterocycles. The molecule has 374 valence electrons. The van der Waals surface area contributed by atoms with Crippen LogP contribution >= 0.6 is 0 Å². The molecule has 0 aromatic heterocycles. The number of hydrogen-bond acceptors (Lipinski definition) is 5. The second-order valence-electron chi connectivity index (χ2n) is 19.6. The first kappa shape index (κ1) is 61.6. The summed E-state index contributed by atoms with van der Waals surface area (Å²) < 4.78 is 5.47. The van der Waals surface area contributed by atoms with Crippen molar-refractivity contribution in [2.24, 2.45) is 0 Å². The summed E-state index contributed by atoms with van der Waals surface area (Å²) in [6.07, 6.45) is 61.9. The van der Waals surface area contributed by atoms with E-state index in [1.54, 1.807) is 0 Å². The van der Waals surface area contributed by atoms with Crippen LogP contribution in [0.2, 0.25) is 0 Å². The lowest BCUT2D eigenvalue weighted by molar-refractivity contribution is -0.143. The zero-order chi connectivity index (χ0) is 45.8. The summed E-state index contributed by atoms with van der Waals surface area (Å²) in [6.45, 7) is 4.95. The van der Waals surface area contributed by atoms with E-state index in [9.17, 15) is 19.8 Å². The van der Waals surface area contributed by atoms with Crippen LogP contribution in [0.3, 0.4) is 0 Å². The fourth-order valence-electron chi connectivity index (χ4n) is 8.93. The number of ether oxygens (including phenoxy) is 1. The number of amides is 1. The van der Waals surface area contributed by atoms with Gasteiger partial charge in [-0.15, -0.1) is 0 Å². The molecule has 0 saturated heterocycles. The molecular formula is C57H111NO5. The minimum atomic E-state index is -0.673. The normalized spacial score (nSPS) is 12.6. The summed E-state index contributed by atoms with van der Waals surface area (Å²) in [5.41, 5.74) is 0. The molecule has 3 N–H and O–H groups in total. The molecular weight excluding hydrogens is 779 g/mol. The van der Waals surface area contributed by atoms with Gasteiger partial charge >= 0.3 is 5.97 Å². The lowest BCUT2D eigenvalue weighted by Crippen LogP contribution is -2.45. The number of hydrogen-bond donors (Lipinski definition) is 3. The number of carbonyl (C=O) groups excluding carboxylic acids is 2. The Morgan fingerprint density at radius 2 is 0.746 bits per heavy atom. The Morgan fingerprint density at radius 3 is 1.13 bits per heavy atom. The molecule has 0 fully saturated rings. The van der Waals surface area contributed by atoms with Crippen molar-refractivity contribution in [2.45, 2.75) is 328 Å². The van der Waals surface area contributed by atoms with Gasteiger partial charge in [0.25, 0.3) is 0 Å². The van der Waals surface area contributed by atoms with Gasteiger partial charge in [0.2, 0.25) is 5.91 Å². The fourth-order valence-corrected chi connectivity index (χ4v) is 8.93. The molecule has 0 heterocycles. The number of rotatable bonds is 53. The number of nitrogens with one attached hydrogen (secondary N) is 1. The zero-order valence-corrected chi connectivity index (χ0v) is 42.6. The van der Waals surface area contributed by atoms with Crippen LogP contribution in [0, 0.1) is 0 Å². The van der Waals surface area contributed by atoms with Crippen molar-refractivity contribution >= 4 is 11.9 Å². The molecule has 6 heteroatoms. The summed E-state index contributed by atoms with van der Waals surface area (Å²) in [6, 6.07) is -0.552. The lowest BCUT2D eigenvalue weighted by atomic mass is 10.0. The largest absolute Gasteiger partial charge is 0.466 e. The summed E-state index contributed by atoms with van der Waals surface area (Å²) in [7, 11) is 0. The quantitative estimate of drug-likeness (QED) is 0.0321. The molecule has 0 aromatic carbocycles. The van der Waals surface area contributed by atoms with Crippen molar-refractivity contribution in [3.63, 3.8) is 0 Å². The number of allylic oxidation sites excluding steroid dienone is 2. The van der Waals surface area contributed by atoms with Gasteiger partial charge in [-0.2, -0.15) is 0 Å². The van der Waals surface area contributed by atoms with Crippen LogP contribution in [0.25, 0.3) is 0 Å². The molecule has 2 unspecified atom stereocenters. The predicted molar refractivity (Wildman–Crippen MR) is 273 cm³/mol. The molecule has 0 radical (unpaired) electrons. The average molecular weight is 891 g/mol. The van der Waals surface area contributed by atoms with Gasteiger partial charge in [-0.1, -0.05) is 264 Å². The lowest BCUT2D eigenvalue weighted by Gasteiger charge is -2.22. The van der Waals surface area contributed by atoms with Gasteiger partial charge in [0.05, 0.1) is 25.4 Å². The van der Waals surface area contributed by atoms with E-state index in [2.05, 4.69) is 31.3 Å². The fraction of sp³-hybridized carbons (Fsp3) is 0.930. The van der Waals surface area contributed by atoms with Gasteiger partial charge in [-0.3, -0.25) is 9.59 Å². The molecule has 0 saturated carbocycles. The molecule has 0 rings (SSSR count). The second-order valence-corrected chi connectivity index (χ2v) is 19.6. The Labute approximate surface area is 393 Å². The number of aliphatic hydroxyl groups excluding tert-OH is 2. The van der Waals surface area contributed by atoms with Gasteiger partial charge in [0.15, 0.2) is 0 Å². The van der Waals surface area contributed by atoms with E-state index in [1.807, 2.05) is 0 Å². The molecule has 63 heavy (non-hydrogen) atoms. The van der Waals surface area contributed by atoms with Crippen LogP contribution in [0.1, 0.15) is 316 Å². The highest BCUT2D eigenvalue weighted by molar-refractivity contribution is 5.76. The van der Waals surface area contributed by atoms with Crippen molar-refractivity contribution in [1.29, 1.82) is 0 Å². The molecule has 1 amide bonds. The van der Waals surface area contributed by atoms with E-state index in [0.717, 1.165) is 64.2 Å². The first-order valence-corrected chi connectivity index (χ1v) is 28.4. The van der Waals surface area contributed by atoms with Crippen LogP contribution in [0.15, 0.2) is 12.2 Å². The van der Waals surface area contributed by atoms with Crippen LogP contribution < -0.4 is 5.32 Å². The summed E-state index contributed by atoms with van der Waals surface area (Å²) in [5, 5.41) is 23.2. The Morgan fingerprint density at radius 1 is 0.429 bits per heavy atom. The van der Waals surface area contributed by atoms with E-state index < -0.39 is 12.1 Å². The van der Waals surface area contributed by atoms with Crippen molar-refractivity contribution in [1.82, 2.24) is 5.32 Å². The molecule has 0 bridgehead atoms. The Kier molecular flexibility index (Phi) is 52.0. The van der Waals surface area contributed by atoms with Gasteiger partial charge < -0.3 is 20.3 Å². The van der Waals surface area contributed by atoms with Gasteiger partial charge in [0, 0.05) is 12.8 Å². The Bertz CT molecular complexity index is 939. The standard InChI is InChI=1S/C57H111NO5/c1-3-5-7-9-11-13-15-17-21-25-29-33-37-41-45-49-55(60)54(53-59)58-56(61)50-46-42-38-34-30-26-23-19-20-24-28-32-36-40-44-48-52-63-57(62)51-47-43-39-35-31-27-22-18-16-14-12-10-8-6-4-2/h19,23,54-55,59-60H,3-18,20-22,24-53H2,1-2H3,(H,58,61)/b23-19-. The number of esters is 1. The van der Waals surface area contributed by atoms with Crippen molar-refractivity contribution in [3.8, 4) is 0 Å². The SMILES string of the molecule is CCCCCCCCCCCCCCCCCC(=O)OCCCCCCCCC/C=C\CCCCCCCC(=O)NC(CO)C(O)CCCCCCCCCCCCCCCCC. The number of unbranched alkanes of at least 4 members (excludes halogenated alkanes) is 40. The van der Waals surface area contributed by atoms with Gasteiger partial charge in [-0.05, 0) is 51.4 Å². The van der Waals surface area contributed by atoms with Gasteiger partial charge in [0.1, 0.15) is 0 Å². The maximum absolute atomic E-state index is 12.5. The highest BCUT2D eigenvalue weighted by atomic mass is 16.5. The molecule has 0 aliphatic rings. The summed E-state index contributed by atoms with van der Waals surface area (Å²) in [4.78, 5) is 24.5. The minimum absolute atomic E-state index is 0.000581. The average Bonchev–Trinajstić information content (AvgIpc) is 3.28. The van der Waals surface area contributed by atoms with Crippen molar-refractivity contribution < 1.29 is 24.5 Å². The summed E-state index contributed by atoms with van der Waals surface area (Å²) >= 11 is 0. The van der Waals surface area contributed by atoms with Crippen LogP contribution in [0.5, 0.6) is 0 Å². The highest BCUT2D eigenvalue weighted by Gasteiger charge is 2.20. The first-order valence-electron chi connectivity index (χ1n) is 28.4. The highest BCUT2D eigenvalue weighted by Crippen LogP contribution is 2.17. The van der Waals surface area contributed by atoms with Crippen LogP contribution in [-0.4, -0.2) is 47.4 Å².